The van der Waals surface area contributed by atoms with E-state index in [1.54, 1.807) is 11.3 Å². The summed E-state index contributed by atoms with van der Waals surface area (Å²) in [6.45, 7) is 3.35. The molecular formula is C15H20N2OS. The molecule has 0 aliphatic carbocycles. The summed E-state index contributed by atoms with van der Waals surface area (Å²) in [5.41, 5.74) is 1.03. The molecule has 2 aliphatic heterocycles. The molecule has 2 fully saturated rings. The zero-order valence-electron chi connectivity index (χ0n) is 11.1. The highest BCUT2D eigenvalue weighted by atomic mass is 32.1. The van der Waals surface area contributed by atoms with Crippen molar-refractivity contribution in [1.82, 2.24) is 10.2 Å². The molecule has 0 aromatic carbocycles. The van der Waals surface area contributed by atoms with Gasteiger partial charge in [0.05, 0.1) is 0 Å². The third-order valence-corrected chi connectivity index (χ3v) is 4.87. The third kappa shape index (κ3) is 3.37. The van der Waals surface area contributed by atoms with Crippen LogP contribution in [0.3, 0.4) is 0 Å². The van der Waals surface area contributed by atoms with E-state index < -0.39 is 0 Å². The second-order valence-electron chi connectivity index (χ2n) is 5.42. The minimum Gasteiger partial charge on any atom is -0.384 e. The Labute approximate surface area is 118 Å². The quantitative estimate of drug-likeness (QED) is 0.802. The van der Waals surface area contributed by atoms with Gasteiger partial charge in [-0.3, -0.25) is 4.90 Å². The van der Waals surface area contributed by atoms with E-state index in [1.165, 1.54) is 37.2 Å². The summed E-state index contributed by atoms with van der Waals surface area (Å²) in [5, 5.41) is 14.5. The topological polar surface area (TPSA) is 35.5 Å². The first-order valence-corrected chi connectivity index (χ1v) is 7.87. The van der Waals surface area contributed by atoms with Crippen molar-refractivity contribution in [3.63, 3.8) is 0 Å². The summed E-state index contributed by atoms with van der Waals surface area (Å²) in [6.07, 6.45) is 3.97. The maximum absolute atomic E-state index is 8.70. The Balaban J connectivity index is 1.60. The largest absolute Gasteiger partial charge is 0.384 e. The van der Waals surface area contributed by atoms with Crippen LogP contribution in [-0.4, -0.2) is 41.8 Å². The summed E-state index contributed by atoms with van der Waals surface area (Å²) >= 11 is 1.77. The predicted octanol–water partition coefficient (Wildman–Crippen LogP) is 1.42. The molecule has 2 N–H and O–H groups in total. The molecule has 2 bridgehead atoms. The number of rotatable bonds is 2. The van der Waals surface area contributed by atoms with Crippen molar-refractivity contribution in [2.75, 3.05) is 19.7 Å². The fraction of sp³-hybridized carbons (Fsp3) is 0.600. The average molecular weight is 276 g/mol. The molecule has 2 atom stereocenters. The van der Waals surface area contributed by atoms with Crippen molar-refractivity contribution in [3.8, 4) is 11.8 Å². The van der Waals surface area contributed by atoms with Crippen LogP contribution >= 0.6 is 11.3 Å². The lowest BCUT2D eigenvalue weighted by Gasteiger charge is -2.23. The molecule has 0 saturated carbocycles. The highest BCUT2D eigenvalue weighted by molar-refractivity contribution is 7.10. The first-order chi connectivity index (χ1) is 9.33. The molecule has 0 spiro atoms. The molecule has 102 valence electrons. The van der Waals surface area contributed by atoms with E-state index in [4.69, 9.17) is 5.11 Å². The summed E-state index contributed by atoms with van der Waals surface area (Å²) in [6, 6.07) is 3.61. The summed E-state index contributed by atoms with van der Waals surface area (Å²) in [7, 11) is 0. The number of aliphatic hydroxyl groups is 1. The zero-order chi connectivity index (χ0) is 13.1. The lowest BCUT2D eigenvalue weighted by Crippen LogP contribution is -2.34. The average Bonchev–Trinajstić information content (AvgIpc) is 2.97. The molecule has 1 aromatic rings. The van der Waals surface area contributed by atoms with Gasteiger partial charge in [-0.05, 0) is 25.3 Å². The van der Waals surface area contributed by atoms with Crippen LogP contribution in [0.4, 0.5) is 0 Å². The maximum atomic E-state index is 8.70. The van der Waals surface area contributed by atoms with Crippen LogP contribution in [0.25, 0.3) is 0 Å². The standard InChI is InChI=1S/C15H20N2OS/c18-7-1-2-12-8-15(19-11-12)10-17-6-5-13-3-4-14(9-17)16-13/h8,11,13-14,16,18H,3-7,9-10H2/t13-,14+/m0/s1. The normalized spacial score (nSPS) is 26.8. The van der Waals surface area contributed by atoms with Crippen LogP contribution in [-0.2, 0) is 6.54 Å². The lowest BCUT2D eigenvalue weighted by molar-refractivity contribution is 0.253. The molecule has 3 nitrogen and oxygen atoms in total. The number of aliphatic hydroxyl groups excluding tert-OH is 1. The number of nitrogens with one attached hydrogen (secondary N) is 1. The molecule has 3 rings (SSSR count). The summed E-state index contributed by atoms with van der Waals surface area (Å²) < 4.78 is 0. The van der Waals surface area contributed by atoms with E-state index in [0.29, 0.717) is 6.04 Å². The Kier molecular flexibility index (Phi) is 4.19. The monoisotopic (exact) mass is 276 g/mol. The van der Waals surface area contributed by atoms with Crippen LogP contribution in [0.15, 0.2) is 11.4 Å². The third-order valence-electron chi connectivity index (χ3n) is 3.95. The minimum absolute atomic E-state index is 0.0634. The maximum Gasteiger partial charge on any atom is 0.104 e. The second kappa shape index (κ2) is 6.06. The summed E-state index contributed by atoms with van der Waals surface area (Å²) in [5.74, 6) is 5.67. The second-order valence-corrected chi connectivity index (χ2v) is 6.42. The van der Waals surface area contributed by atoms with Gasteiger partial charge in [0.15, 0.2) is 0 Å². The number of nitrogens with zero attached hydrogens (tertiary/aromatic N) is 1. The molecule has 2 aliphatic rings. The van der Waals surface area contributed by atoms with Gasteiger partial charge in [-0.2, -0.15) is 0 Å². The van der Waals surface area contributed by atoms with E-state index in [9.17, 15) is 0 Å². The summed E-state index contributed by atoms with van der Waals surface area (Å²) in [4.78, 5) is 3.94. The van der Waals surface area contributed by atoms with Crippen LogP contribution in [0.5, 0.6) is 0 Å². The fourth-order valence-electron chi connectivity index (χ4n) is 3.05. The smallest absolute Gasteiger partial charge is 0.104 e. The van der Waals surface area contributed by atoms with Gasteiger partial charge < -0.3 is 10.4 Å². The zero-order valence-corrected chi connectivity index (χ0v) is 11.9. The molecule has 4 heteroatoms. The minimum atomic E-state index is -0.0634. The lowest BCUT2D eigenvalue weighted by atomic mass is 10.1. The Morgan fingerprint density at radius 1 is 1.37 bits per heavy atom. The number of likely N-dealkylation sites (tertiary alicyclic amines) is 1. The predicted molar refractivity (Wildman–Crippen MR) is 78.1 cm³/mol. The van der Waals surface area contributed by atoms with Gasteiger partial charge in [0.2, 0.25) is 0 Å². The van der Waals surface area contributed by atoms with Crippen molar-refractivity contribution in [2.24, 2.45) is 0 Å². The van der Waals surface area contributed by atoms with Gasteiger partial charge in [0.25, 0.3) is 0 Å². The SMILES string of the molecule is OCC#Cc1csc(CN2CC[C@@H]3CC[C@H](C2)N3)c1. The molecule has 19 heavy (non-hydrogen) atoms. The highest BCUT2D eigenvalue weighted by Gasteiger charge is 2.29. The van der Waals surface area contributed by atoms with Crippen LogP contribution in [0, 0.1) is 11.8 Å². The highest BCUT2D eigenvalue weighted by Crippen LogP contribution is 2.23. The molecule has 0 amide bonds. The van der Waals surface area contributed by atoms with Gasteiger partial charge in [0, 0.05) is 47.5 Å². The Hall–Kier alpha value is -0.860. The number of thiophene rings is 1. The van der Waals surface area contributed by atoms with Crippen molar-refractivity contribution in [3.05, 3.63) is 21.9 Å². The Bertz CT molecular complexity index is 488. The first-order valence-electron chi connectivity index (χ1n) is 6.99. The van der Waals surface area contributed by atoms with E-state index in [0.717, 1.165) is 18.2 Å². The first kappa shape index (κ1) is 13.1. The van der Waals surface area contributed by atoms with Gasteiger partial charge in [-0.1, -0.05) is 11.8 Å². The van der Waals surface area contributed by atoms with Crippen molar-refractivity contribution >= 4 is 11.3 Å². The fourth-order valence-corrected chi connectivity index (χ4v) is 3.91. The molecule has 0 unspecified atom stereocenters. The Morgan fingerprint density at radius 3 is 3.16 bits per heavy atom. The number of fused-ring (bicyclic) bond motifs is 2. The molecule has 1 aromatic heterocycles. The molecule has 0 radical (unpaired) electrons. The van der Waals surface area contributed by atoms with E-state index >= 15 is 0 Å². The van der Waals surface area contributed by atoms with Crippen molar-refractivity contribution in [1.29, 1.82) is 0 Å². The van der Waals surface area contributed by atoms with Crippen molar-refractivity contribution in [2.45, 2.75) is 37.9 Å². The van der Waals surface area contributed by atoms with E-state index in [-0.39, 0.29) is 6.61 Å². The van der Waals surface area contributed by atoms with Gasteiger partial charge >= 0.3 is 0 Å². The van der Waals surface area contributed by atoms with Crippen molar-refractivity contribution < 1.29 is 5.11 Å². The van der Waals surface area contributed by atoms with Crippen LogP contribution in [0.1, 0.15) is 29.7 Å². The molecule has 2 saturated heterocycles. The number of hydrogen-bond acceptors (Lipinski definition) is 4. The molecular weight excluding hydrogens is 256 g/mol. The van der Waals surface area contributed by atoms with Gasteiger partial charge in [-0.25, -0.2) is 0 Å². The van der Waals surface area contributed by atoms with Crippen LogP contribution < -0.4 is 5.32 Å². The van der Waals surface area contributed by atoms with E-state index in [1.807, 2.05) is 0 Å². The van der Waals surface area contributed by atoms with E-state index in [2.05, 4.69) is 33.5 Å². The van der Waals surface area contributed by atoms with Gasteiger partial charge in [0.1, 0.15) is 6.61 Å². The van der Waals surface area contributed by atoms with Gasteiger partial charge in [-0.15, -0.1) is 11.3 Å². The van der Waals surface area contributed by atoms with Crippen LogP contribution in [0.2, 0.25) is 0 Å². The number of hydrogen-bond donors (Lipinski definition) is 2. The molecule has 3 heterocycles. The Morgan fingerprint density at radius 2 is 2.26 bits per heavy atom.